The fourth-order valence-corrected chi connectivity index (χ4v) is 1.69. The van der Waals surface area contributed by atoms with Crippen LogP contribution in [-0.2, 0) is 9.53 Å². The maximum atomic E-state index is 12.0. The van der Waals surface area contributed by atoms with Gasteiger partial charge in [-0.3, -0.25) is 4.79 Å². The van der Waals surface area contributed by atoms with Crippen LogP contribution in [-0.4, -0.2) is 54.7 Å². The van der Waals surface area contributed by atoms with Gasteiger partial charge in [-0.1, -0.05) is 0 Å². The van der Waals surface area contributed by atoms with E-state index in [0.29, 0.717) is 26.3 Å². The van der Waals surface area contributed by atoms with Crippen LogP contribution in [0.15, 0.2) is 0 Å². The summed E-state index contributed by atoms with van der Waals surface area (Å²) in [6, 6.07) is -0.845. The van der Waals surface area contributed by atoms with Crippen molar-refractivity contribution in [3.63, 3.8) is 0 Å². The molecule has 6 nitrogen and oxygen atoms in total. The normalized spacial score (nSPS) is 18.1. The Balaban J connectivity index is 2.41. The van der Waals surface area contributed by atoms with Crippen molar-refractivity contribution in [1.82, 2.24) is 15.5 Å². The highest BCUT2D eigenvalue weighted by Gasteiger charge is 2.24. The predicted octanol–water partition coefficient (Wildman–Crippen LogP) is 0.331. The van der Waals surface area contributed by atoms with Crippen LogP contribution < -0.4 is 10.6 Å². The number of nitrogens with one attached hydrogen (secondary N) is 2. The van der Waals surface area contributed by atoms with Gasteiger partial charge in [0, 0.05) is 18.6 Å². The lowest BCUT2D eigenvalue weighted by Gasteiger charge is -2.30. The Kier molecular flexibility index (Phi) is 4.95. The maximum absolute atomic E-state index is 12.0. The van der Waals surface area contributed by atoms with Gasteiger partial charge in [-0.05, 0) is 27.7 Å². The van der Waals surface area contributed by atoms with Crippen LogP contribution >= 0.6 is 0 Å². The molecule has 0 bridgehead atoms. The van der Waals surface area contributed by atoms with Crippen LogP contribution in [0.3, 0.4) is 0 Å². The second-order valence-electron chi connectivity index (χ2n) is 5.51. The van der Waals surface area contributed by atoms with Crippen molar-refractivity contribution < 1.29 is 14.3 Å². The molecule has 1 heterocycles. The number of carbonyl (C=O) groups excluding carboxylic acids is 2. The maximum Gasteiger partial charge on any atom is 0.315 e. The number of hydrogen-bond acceptors (Lipinski definition) is 3. The van der Waals surface area contributed by atoms with Gasteiger partial charge in [0.25, 0.3) is 0 Å². The van der Waals surface area contributed by atoms with E-state index in [4.69, 9.17) is 4.74 Å². The van der Waals surface area contributed by atoms with Crippen LogP contribution in [0.1, 0.15) is 27.7 Å². The van der Waals surface area contributed by atoms with Crippen LogP contribution in [0.25, 0.3) is 0 Å². The molecule has 1 fully saturated rings. The number of morpholine rings is 1. The molecule has 0 aliphatic carbocycles. The average molecular weight is 257 g/mol. The van der Waals surface area contributed by atoms with E-state index in [-0.39, 0.29) is 17.5 Å². The first-order valence-corrected chi connectivity index (χ1v) is 6.25. The molecule has 0 spiro atoms. The van der Waals surface area contributed by atoms with Gasteiger partial charge in [-0.2, -0.15) is 0 Å². The molecule has 0 aromatic rings. The Hall–Kier alpha value is -1.30. The topological polar surface area (TPSA) is 70.7 Å². The fourth-order valence-electron chi connectivity index (χ4n) is 1.69. The van der Waals surface area contributed by atoms with Gasteiger partial charge in [0.05, 0.1) is 13.2 Å². The lowest BCUT2D eigenvalue weighted by atomic mass is 10.1. The highest BCUT2D eigenvalue weighted by atomic mass is 16.5. The third-order valence-electron chi connectivity index (χ3n) is 2.53. The van der Waals surface area contributed by atoms with E-state index >= 15 is 0 Å². The Morgan fingerprint density at radius 2 is 1.78 bits per heavy atom. The van der Waals surface area contributed by atoms with E-state index in [9.17, 15) is 9.59 Å². The van der Waals surface area contributed by atoms with Gasteiger partial charge in [-0.15, -0.1) is 0 Å². The molecule has 104 valence electrons. The first kappa shape index (κ1) is 14.8. The number of amides is 3. The first-order chi connectivity index (χ1) is 8.29. The Bertz CT molecular complexity index is 306. The third kappa shape index (κ3) is 4.91. The van der Waals surface area contributed by atoms with Gasteiger partial charge in [0.1, 0.15) is 6.04 Å². The molecule has 0 aromatic carbocycles. The number of hydrogen-bond donors (Lipinski definition) is 2. The average Bonchev–Trinajstić information content (AvgIpc) is 2.26. The molecule has 1 rings (SSSR count). The van der Waals surface area contributed by atoms with E-state index in [2.05, 4.69) is 10.6 Å². The second-order valence-corrected chi connectivity index (χ2v) is 5.51. The van der Waals surface area contributed by atoms with Gasteiger partial charge in [-0.25, -0.2) is 4.79 Å². The smallest absolute Gasteiger partial charge is 0.315 e. The molecule has 0 radical (unpaired) electrons. The zero-order chi connectivity index (χ0) is 13.8. The minimum atomic E-state index is -0.523. The summed E-state index contributed by atoms with van der Waals surface area (Å²) in [7, 11) is 0. The zero-order valence-electron chi connectivity index (χ0n) is 11.6. The van der Waals surface area contributed by atoms with E-state index in [1.165, 1.54) is 0 Å². The second kappa shape index (κ2) is 6.04. The third-order valence-corrected chi connectivity index (χ3v) is 2.53. The van der Waals surface area contributed by atoms with Crippen LogP contribution in [0.5, 0.6) is 0 Å². The number of ether oxygens (including phenoxy) is 1. The minimum Gasteiger partial charge on any atom is -0.378 e. The molecule has 1 saturated heterocycles. The van der Waals surface area contributed by atoms with Crippen molar-refractivity contribution in [2.75, 3.05) is 26.3 Å². The molecule has 3 amide bonds. The zero-order valence-corrected chi connectivity index (χ0v) is 11.6. The highest BCUT2D eigenvalue weighted by Crippen LogP contribution is 2.02. The molecule has 2 N–H and O–H groups in total. The Morgan fingerprint density at radius 1 is 1.22 bits per heavy atom. The van der Waals surface area contributed by atoms with E-state index in [1.54, 1.807) is 11.8 Å². The summed E-state index contributed by atoms with van der Waals surface area (Å²) in [6.45, 7) is 9.67. The standard InChI is InChI=1S/C12H23N3O3/c1-9(13-11(17)14-12(2,3)4)10(16)15-5-7-18-8-6-15/h9H,5-8H2,1-4H3,(H2,13,14,17). The molecule has 18 heavy (non-hydrogen) atoms. The van der Waals surface area contributed by atoms with E-state index < -0.39 is 6.04 Å². The largest absolute Gasteiger partial charge is 0.378 e. The van der Waals surface area contributed by atoms with Crippen molar-refractivity contribution in [3.05, 3.63) is 0 Å². The predicted molar refractivity (Wildman–Crippen MR) is 68.3 cm³/mol. The lowest BCUT2D eigenvalue weighted by molar-refractivity contribution is -0.136. The number of nitrogens with zero attached hydrogens (tertiary/aromatic N) is 1. The monoisotopic (exact) mass is 257 g/mol. The quantitative estimate of drug-likeness (QED) is 0.749. The van der Waals surface area contributed by atoms with Crippen molar-refractivity contribution in [2.45, 2.75) is 39.3 Å². The van der Waals surface area contributed by atoms with Crippen LogP contribution in [0, 0.1) is 0 Å². The lowest BCUT2D eigenvalue weighted by Crippen LogP contribution is -2.54. The SMILES string of the molecule is CC(NC(=O)NC(C)(C)C)C(=O)N1CCOCC1. The number of rotatable bonds is 2. The van der Waals surface area contributed by atoms with Crippen molar-refractivity contribution >= 4 is 11.9 Å². The Morgan fingerprint density at radius 3 is 2.28 bits per heavy atom. The van der Waals surface area contributed by atoms with Gasteiger partial charge in [0.15, 0.2) is 0 Å². The summed E-state index contributed by atoms with van der Waals surface area (Å²) >= 11 is 0. The van der Waals surface area contributed by atoms with Crippen molar-refractivity contribution in [3.8, 4) is 0 Å². The molecule has 0 saturated carbocycles. The number of urea groups is 1. The van der Waals surface area contributed by atoms with Crippen molar-refractivity contribution in [2.24, 2.45) is 0 Å². The molecule has 1 atom stereocenters. The summed E-state index contributed by atoms with van der Waals surface area (Å²) in [5.74, 6) is -0.0673. The van der Waals surface area contributed by atoms with Crippen molar-refractivity contribution in [1.29, 1.82) is 0 Å². The van der Waals surface area contributed by atoms with E-state index in [1.807, 2.05) is 20.8 Å². The van der Waals surface area contributed by atoms with Gasteiger partial charge in [0.2, 0.25) is 5.91 Å². The summed E-state index contributed by atoms with van der Waals surface area (Å²) in [4.78, 5) is 25.4. The Labute approximate surface area is 108 Å². The van der Waals surface area contributed by atoms with Crippen LogP contribution in [0.4, 0.5) is 4.79 Å². The number of carbonyl (C=O) groups is 2. The van der Waals surface area contributed by atoms with Crippen LogP contribution in [0.2, 0.25) is 0 Å². The van der Waals surface area contributed by atoms with Gasteiger partial charge < -0.3 is 20.3 Å². The summed E-state index contributed by atoms with van der Waals surface area (Å²) in [5.41, 5.74) is -0.314. The summed E-state index contributed by atoms with van der Waals surface area (Å²) < 4.78 is 5.18. The molecule has 1 unspecified atom stereocenters. The summed E-state index contributed by atoms with van der Waals surface area (Å²) in [5, 5.41) is 5.41. The molecule has 6 heteroatoms. The molecular weight excluding hydrogens is 234 g/mol. The minimum absolute atomic E-state index is 0.0673. The fraction of sp³-hybridized carbons (Fsp3) is 0.833. The van der Waals surface area contributed by atoms with Gasteiger partial charge >= 0.3 is 6.03 Å². The molecule has 1 aliphatic heterocycles. The molecule has 0 aromatic heterocycles. The highest BCUT2D eigenvalue weighted by molar-refractivity contribution is 5.86. The first-order valence-electron chi connectivity index (χ1n) is 6.25. The van der Waals surface area contributed by atoms with E-state index in [0.717, 1.165) is 0 Å². The molecule has 1 aliphatic rings. The summed E-state index contributed by atoms with van der Waals surface area (Å²) in [6.07, 6.45) is 0. The molecular formula is C12H23N3O3.